The third kappa shape index (κ3) is 5.75. The Morgan fingerprint density at radius 2 is 1.83 bits per heavy atom. The summed E-state index contributed by atoms with van der Waals surface area (Å²) in [4.78, 5) is 12.4. The van der Waals surface area contributed by atoms with Crippen molar-refractivity contribution in [3.05, 3.63) is 41.0 Å². The fourth-order valence-corrected chi connectivity index (χ4v) is 3.78. The minimum Gasteiger partial charge on any atom is -0.481 e. The van der Waals surface area contributed by atoms with Crippen LogP contribution in [0.15, 0.2) is 24.3 Å². The predicted octanol–water partition coefficient (Wildman–Crippen LogP) is 3.69. The monoisotopic (exact) mass is 414 g/mol. The number of benzene rings is 1. The van der Waals surface area contributed by atoms with Crippen LogP contribution < -0.4 is 16.1 Å². The van der Waals surface area contributed by atoms with Crippen LogP contribution in [0.25, 0.3) is 0 Å². The third-order valence-corrected chi connectivity index (χ3v) is 5.38. The van der Waals surface area contributed by atoms with Crippen molar-refractivity contribution >= 4 is 23.3 Å². The van der Waals surface area contributed by atoms with E-state index in [1.807, 2.05) is 21.1 Å². The molecule has 0 aliphatic heterocycles. The molecule has 0 bridgehead atoms. The number of nitrogens with one attached hydrogen (secondary N) is 4. The first-order chi connectivity index (χ1) is 14.4. The molecule has 0 saturated carbocycles. The predicted molar refractivity (Wildman–Crippen MR) is 123 cm³/mol. The van der Waals surface area contributed by atoms with Gasteiger partial charge in [0.2, 0.25) is 0 Å². The fraction of sp³-hybridized carbons (Fsp3) is 0.500. The van der Waals surface area contributed by atoms with Crippen LogP contribution in [0.4, 0.5) is 11.6 Å². The van der Waals surface area contributed by atoms with Crippen LogP contribution in [0.5, 0.6) is 0 Å². The molecular weight excluding hydrogens is 380 g/mol. The average molecular weight is 415 g/mol. The third-order valence-electron chi connectivity index (χ3n) is 5.38. The molecule has 8 heteroatoms. The summed E-state index contributed by atoms with van der Waals surface area (Å²) in [6.45, 7) is 2.11. The molecule has 2 rings (SSSR count). The summed E-state index contributed by atoms with van der Waals surface area (Å²) < 4.78 is 0. The number of aromatic nitrogens is 2. The number of rotatable bonds is 13. The highest BCUT2D eigenvalue weighted by Crippen LogP contribution is 2.28. The molecule has 0 aliphatic carbocycles. The largest absolute Gasteiger partial charge is 0.481 e. The molecule has 1 aromatic carbocycles. The molecule has 0 unspecified atom stereocenters. The minimum atomic E-state index is -0.755. The van der Waals surface area contributed by atoms with Crippen molar-refractivity contribution in [2.45, 2.75) is 51.4 Å². The molecule has 0 amide bonds. The molecule has 0 aliphatic rings. The number of hydrogen-bond donors (Lipinski definition) is 5. The summed E-state index contributed by atoms with van der Waals surface area (Å²) in [6, 6.07) is 8.27. The van der Waals surface area contributed by atoms with Crippen molar-refractivity contribution in [3.8, 4) is 0 Å². The smallest absolute Gasteiger partial charge is 0.303 e. The quantitative estimate of drug-likeness (QED) is 0.319. The van der Waals surface area contributed by atoms with E-state index < -0.39 is 5.97 Å². The molecule has 1 aromatic heterocycles. The van der Waals surface area contributed by atoms with Gasteiger partial charge >= 0.3 is 5.97 Å². The first-order valence-corrected chi connectivity index (χ1v) is 10.5. The van der Waals surface area contributed by atoms with Crippen LogP contribution in [-0.4, -0.2) is 47.8 Å². The maximum Gasteiger partial charge on any atom is 0.303 e. The Hall–Kier alpha value is -3.03. The zero-order valence-electron chi connectivity index (χ0n) is 18.4. The number of carboxylic acids is 1. The number of aliphatic carboxylic acids is 1. The van der Waals surface area contributed by atoms with Gasteiger partial charge in [-0.15, -0.1) is 5.10 Å². The van der Waals surface area contributed by atoms with Crippen LogP contribution >= 0.6 is 0 Å². The zero-order valence-corrected chi connectivity index (χ0v) is 18.4. The standard InChI is InChI=1S/C22H34N6O2/c1-5-17(16-11-9-15(10-12-16)7-6-8-20(29)30)19(23)14-13-18-21(24-2)27-28(26-4)22(18)25-3/h9-12,17,23,25-26H,5-8,13-14H2,1-4H3,(H,24,27)(H,29,30)/t17-/m0/s1. The highest BCUT2D eigenvalue weighted by Gasteiger charge is 2.20. The molecular formula is C22H34N6O2. The first kappa shape index (κ1) is 23.3. The molecule has 0 radical (unpaired) electrons. The van der Waals surface area contributed by atoms with Crippen molar-refractivity contribution < 1.29 is 9.90 Å². The van der Waals surface area contributed by atoms with E-state index in [1.165, 1.54) is 0 Å². The number of nitrogens with zero attached hydrogens (tertiary/aromatic N) is 2. The number of carboxylic acid groups (broad SMARTS) is 1. The molecule has 0 spiro atoms. The van der Waals surface area contributed by atoms with Crippen molar-refractivity contribution in [3.63, 3.8) is 0 Å². The summed E-state index contributed by atoms with van der Waals surface area (Å²) in [6.07, 6.45) is 3.83. The normalized spacial score (nSPS) is 11.7. The van der Waals surface area contributed by atoms with Crippen LogP contribution in [-0.2, 0) is 17.6 Å². The summed E-state index contributed by atoms with van der Waals surface area (Å²) in [5, 5.41) is 28.3. The lowest BCUT2D eigenvalue weighted by Crippen LogP contribution is -2.15. The topological polar surface area (TPSA) is 115 Å². The molecule has 0 saturated heterocycles. The molecule has 1 heterocycles. The van der Waals surface area contributed by atoms with E-state index >= 15 is 0 Å². The van der Waals surface area contributed by atoms with Crippen molar-refractivity contribution in [1.29, 1.82) is 5.41 Å². The van der Waals surface area contributed by atoms with E-state index in [0.717, 1.165) is 47.6 Å². The van der Waals surface area contributed by atoms with E-state index in [2.05, 4.69) is 52.3 Å². The molecule has 164 valence electrons. The van der Waals surface area contributed by atoms with Gasteiger partial charge in [0.05, 0.1) is 0 Å². The second kappa shape index (κ2) is 11.2. The van der Waals surface area contributed by atoms with E-state index in [1.54, 1.807) is 4.79 Å². The van der Waals surface area contributed by atoms with E-state index in [0.29, 0.717) is 18.6 Å². The van der Waals surface area contributed by atoms with Gasteiger partial charge in [-0.3, -0.25) is 4.79 Å². The Balaban J connectivity index is 2.05. The van der Waals surface area contributed by atoms with Crippen molar-refractivity contribution in [2.75, 3.05) is 37.2 Å². The lowest BCUT2D eigenvalue weighted by Gasteiger charge is -2.18. The second-order valence-electron chi connectivity index (χ2n) is 7.29. The van der Waals surface area contributed by atoms with Gasteiger partial charge in [0, 0.05) is 44.8 Å². The molecule has 5 N–H and O–H groups in total. The van der Waals surface area contributed by atoms with Crippen molar-refractivity contribution in [1.82, 2.24) is 9.89 Å². The molecule has 1 atom stereocenters. The SMILES string of the molecule is CC[C@H](C(=N)CCc1c(NC)nn(NC)c1NC)c1ccc(CCCC(=O)O)cc1. The Kier molecular flexibility index (Phi) is 8.70. The number of carbonyl (C=O) groups is 1. The lowest BCUT2D eigenvalue weighted by atomic mass is 9.88. The Morgan fingerprint density at radius 1 is 1.13 bits per heavy atom. The second-order valence-corrected chi connectivity index (χ2v) is 7.29. The van der Waals surface area contributed by atoms with Crippen LogP contribution in [0.1, 0.15) is 55.2 Å². The number of hydrogen-bond acceptors (Lipinski definition) is 6. The van der Waals surface area contributed by atoms with Gasteiger partial charge in [-0.2, -0.15) is 4.79 Å². The Bertz CT molecular complexity index is 844. The number of aryl methyl sites for hydroxylation is 1. The van der Waals surface area contributed by atoms with Gasteiger partial charge in [-0.1, -0.05) is 31.2 Å². The van der Waals surface area contributed by atoms with Crippen LogP contribution in [0, 0.1) is 5.41 Å². The van der Waals surface area contributed by atoms with Crippen LogP contribution in [0.3, 0.4) is 0 Å². The minimum absolute atomic E-state index is 0.0773. The highest BCUT2D eigenvalue weighted by molar-refractivity contribution is 5.88. The van der Waals surface area contributed by atoms with Crippen molar-refractivity contribution in [2.24, 2.45) is 0 Å². The zero-order chi connectivity index (χ0) is 22.1. The lowest BCUT2D eigenvalue weighted by molar-refractivity contribution is -0.137. The summed E-state index contributed by atoms with van der Waals surface area (Å²) in [7, 11) is 5.53. The fourth-order valence-electron chi connectivity index (χ4n) is 3.78. The van der Waals surface area contributed by atoms with E-state index in [-0.39, 0.29) is 12.3 Å². The van der Waals surface area contributed by atoms with Gasteiger partial charge in [0.15, 0.2) is 11.6 Å². The first-order valence-electron chi connectivity index (χ1n) is 10.5. The summed E-state index contributed by atoms with van der Waals surface area (Å²) in [5.41, 5.74) is 7.07. The molecule has 30 heavy (non-hydrogen) atoms. The van der Waals surface area contributed by atoms with Crippen LogP contribution in [0.2, 0.25) is 0 Å². The maximum absolute atomic E-state index is 10.7. The van der Waals surface area contributed by atoms with E-state index in [4.69, 9.17) is 10.5 Å². The van der Waals surface area contributed by atoms with Gasteiger partial charge in [-0.05, 0) is 43.2 Å². The van der Waals surface area contributed by atoms with Gasteiger partial charge < -0.3 is 26.6 Å². The average Bonchev–Trinajstić information content (AvgIpc) is 3.10. The summed E-state index contributed by atoms with van der Waals surface area (Å²) in [5.74, 6) is 1.02. The maximum atomic E-state index is 10.7. The summed E-state index contributed by atoms with van der Waals surface area (Å²) >= 11 is 0. The molecule has 0 fully saturated rings. The Morgan fingerprint density at radius 3 is 2.37 bits per heavy atom. The Labute approximate surface area is 178 Å². The van der Waals surface area contributed by atoms with E-state index in [9.17, 15) is 4.79 Å². The molecule has 2 aromatic rings. The number of anilines is 2. The van der Waals surface area contributed by atoms with Gasteiger partial charge in [0.1, 0.15) is 0 Å². The molecule has 8 nitrogen and oxygen atoms in total. The highest BCUT2D eigenvalue weighted by atomic mass is 16.4. The van der Waals surface area contributed by atoms with Gasteiger partial charge in [0.25, 0.3) is 0 Å². The van der Waals surface area contributed by atoms with Gasteiger partial charge in [-0.25, -0.2) is 0 Å².